The Labute approximate surface area is 89.6 Å². The highest BCUT2D eigenvalue weighted by Crippen LogP contribution is 2.18. The first-order chi connectivity index (χ1) is 7.00. The Balaban J connectivity index is 2.50. The van der Waals surface area contributed by atoms with Crippen LogP contribution in [0.4, 0.5) is 0 Å². The molecule has 1 rings (SSSR count). The van der Waals surface area contributed by atoms with Gasteiger partial charge in [0.15, 0.2) is 0 Å². The maximum Gasteiger partial charge on any atom is 0.308 e. The number of amides is 1. The van der Waals surface area contributed by atoms with E-state index in [0.717, 1.165) is 12.0 Å². The van der Waals surface area contributed by atoms with Crippen molar-refractivity contribution in [3.8, 4) is 0 Å². The number of likely N-dealkylation sites (tertiary alicyclic amines) is 1. The van der Waals surface area contributed by atoms with Crippen molar-refractivity contribution >= 4 is 11.9 Å². The van der Waals surface area contributed by atoms with Gasteiger partial charge in [0.25, 0.3) is 0 Å². The Morgan fingerprint density at radius 3 is 2.87 bits per heavy atom. The molecule has 1 heterocycles. The van der Waals surface area contributed by atoms with Gasteiger partial charge in [-0.15, -0.1) is 6.58 Å². The summed E-state index contributed by atoms with van der Waals surface area (Å²) in [6, 6.07) is 0. The Hall–Kier alpha value is -1.32. The summed E-state index contributed by atoms with van der Waals surface area (Å²) in [6.07, 6.45) is 1.57. The molecule has 0 radical (unpaired) electrons. The molecule has 1 N–H and O–H groups in total. The fourth-order valence-corrected chi connectivity index (χ4v) is 1.66. The van der Waals surface area contributed by atoms with E-state index in [1.807, 2.05) is 6.92 Å². The minimum absolute atomic E-state index is 0.0637. The van der Waals surface area contributed by atoms with Crippen LogP contribution < -0.4 is 0 Å². The molecule has 0 aromatic carbocycles. The number of hydrogen-bond acceptors (Lipinski definition) is 2. The first-order valence-corrected chi connectivity index (χ1v) is 5.15. The summed E-state index contributed by atoms with van der Waals surface area (Å²) in [5, 5.41) is 8.86. The van der Waals surface area contributed by atoms with Crippen molar-refractivity contribution in [1.29, 1.82) is 0 Å². The van der Waals surface area contributed by atoms with Crippen LogP contribution in [0.3, 0.4) is 0 Å². The van der Waals surface area contributed by atoms with E-state index >= 15 is 0 Å². The number of hydrogen-bond donors (Lipinski definition) is 1. The third-order valence-electron chi connectivity index (χ3n) is 2.66. The van der Waals surface area contributed by atoms with Crippen molar-refractivity contribution in [2.75, 3.05) is 13.1 Å². The molecule has 4 nitrogen and oxygen atoms in total. The predicted molar refractivity (Wildman–Crippen MR) is 56.4 cm³/mol. The van der Waals surface area contributed by atoms with Gasteiger partial charge < -0.3 is 10.0 Å². The lowest BCUT2D eigenvalue weighted by Gasteiger charge is -2.30. The third-order valence-corrected chi connectivity index (χ3v) is 2.66. The van der Waals surface area contributed by atoms with Crippen LogP contribution in [-0.4, -0.2) is 35.0 Å². The van der Waals surface area contributed by atoms with Gasteiger partial charge >= 0.3 is 5.97 Å². The van der Waals surface area contributed by atoms with Gasteiger partial charge in [0, 0.05) is 19.5 Å². The highest BCUT2D eigenvalue weighted by atomic mass is 16.4. The van der Waals surface area contributed by atoms with Crippen LogP contribution in [0.25, 0.3) is 0 Å². The average Bonchev–Trinajstić information content (AvgIpc) is 2.16. The number of carboxylic acid groups (broad SMARTS) is 1. The monoisotopic (exact) mass is 211 g/mol. The smallest absolute Gasteiger partial charge is 0.308 e. The molecule has 1 saturated heterocycles. The number of rotatable bonds is 4. The van der Waals surface area contributed by atoms with E-state index in [9.17, 15) is 9.59 Å². The topological polar surface area (TPSA) is 57.6 Å². The lowest BCUT2D eigenvalue weighted by atomic mass is 9.97. The normalized spacial score (nSPS) is 21.5. The van der Waals surface area contributed by atoms with Crippen molar-refractivity contribution in [1.82, 2.24) is 4.90 Å². The molecule has 0 spiro atoms. The average molecular weight is 211 g/mol. The van der Waals surface area contributed by atoms with E-state index < -0.39 is 11.9 Å². The highest BCUT2D eigenvalue weighted by Gasteiger charge is 2.29. The van der Waals surface area contributed by atoms with Gasteiger partial charge in [-0.1, -0.05) is 5.57 Å². The summed E-state index contributed by atoms with van der Waals surface area (Å²) in [4.78, 5) is 23.9. The van der Waals surface area contributed by atoms with Crippen molar-refractivity contribution in [2.45, 2.75) is 26.2 Å². The van der Waals surface area contributed by atoms with Gasteiger partial charge in [-0.3, -0.25) is 9.59 Å². The maximum absolute atomic E-state index is 11.5. The number of carbonyl (C=O) groups is 2. The second kappa shape index (κ2) is 4.96. The van der Waals surface area contributed by atoms with E-state index in [2.05, 4.69) is 6.58 Å². The minimum atomic E-state index is -0.803. The van der Waals surface area contributed by atoms with E-state index in [4.69, 9.17) is 5.11 Å². The molecule has 0 aliphatic carbocycles. The van der Waals surface area contributed by atoms with Gasteiger partial charge in [-0.2, -0.15) is 0 Å². The number of carbonyl (C=O) groups excluding carboxylic acids is 1. The van der Waals surface area contributed by atoms with E-state index in [0.29, 0.717) is 25.9 Å². The molecular formula is C11H17NO3. The zero-order chi connectivity index (χ0) is 11.4. The van der Waals surface area contributed by atoms with Crippen LogP contribution in [0, 0.1) is 5.92 Å². The molecule has 15 heavy (non-hydrogen) atoms. The van der Waals surface area contributed by atoms with Gasteiger partial charge in [-0.05, 0) is 19.8 Å². The van der Waals surface area contributed by atoms with Gasteiger partial charge in [0.2, 0.25) is 5.91 Å². The quantitative estimate of drug-likeness (QED) is 0.712. The molecule has 1 aliphatic rings. The van der Waals surface area contributed by atoms with Crippen LogP contribution in [-0.2, 0) is 9.59 Å². The fraction of sp³-hybridized carbons (Fsp3) is 0.636. The molecule has 0 saturated carbocycles. The number of aliphatic carboxylic acids is 1. The number of carboxylic acids is 1. The number of piperidine rings is 1. The summed E-state index contributed by atoms with van der Waals surface area (Å²) in [5.74, 6) is -1.13. The number of nitrogens with zero attached hydrogens (tertiary/aromatic N) is 1. The van der Waals surface area contributed by atoms with Crippen molar-refractivity contribution in [3.63, 3.8) is 0 Å². The molecule has 1 aliphatic heterocycles. The summed E-state index contributed by atoms with van der Waals surface area (Å²) in [5.41, 5.74) is 1.01. The first kappa shape index (κ1) is 11.8. The lowest BCUT2D eigenvalue weighted by Crippen LogP contribution is -2.42. The van der Waals surface area contributed by atoms with Crippen LogP contribution in [0.2, 0.25) is 0 Å². The summed E-state index contributed by atoms with van der Waals surface area (Å²) in [6.45, 7) is 6.61. The van der Waals surface area contributed by atoms with Crippen LogP contribution in [0.15, 0.2) is 12.2 Å². The first-order valence-electron chi connectivity index (χ1n) is 5.15. The molecule has 1 unspecified atom stereocenters. The van der Waals surface area contributed by atoms with Gasteiger partial charge in [0.1, 0.15) is 0 Å². The fourth-order valence-electron chi connectivity index (χ4n) is 1.66. The SMILES string of the molecule is C=C(C)CCN1CC(C(=O)O)CCC1=O. The molecule has 1 fully saturated rings. The van der Waals surface area contributed by atoms with Gasteiger partial charge in [-0.25, -0.2) is 0 Å². The maximum atomic E-state index is 11.5. The molecule has 0 aromatic rings. The molecule has 0 bridgehead atoms. The van der Waals surface area contributed by atoms with E-state index in [1.54, 1.807) is 4.90 Å². The third kappa shape index (κ3) is 3.38. The molecule has 1 amide bonds. The summed E-state index contributed by atoms with van der Waals surface area (Å²) >= 11 is 0. The van der Waals surface area contributed by atoms with Crippen molar-refractivity contribution < 1.29 is 14.7 Å². The molecule has 1 atom stereocenters. The van der Waals surface area contributed by atoms with Crippen molar-refractivity contribution in [3.05, 3.63) is 12.2 Å². The van der Waals surface area contributed by atoms with Crippen LogP contribution >= 0.6 is 0 Å². The Kier molecular flexibility index (Phi) is 3.88. The lowest BCUT2D eigenvalue weighted by molar-refractivity contribution is -0.147. The minimum Gasteiger partial charge on any atom is -0.481 e. The van der Waals surface area contributed by atoms with E-state index in [1.165, 1.54) is 0 Å². The summed E-state index contributed by atoms with van der Waals surface area (Å²) < 4.78 is 0. The Bertz CT molecular complexity index is 286. The summed E-state index contributed by atoms with van der Waals surface area (Å²) in [7, 11) is 0. The Morgan fingerprint density at radius 1 is 1.67 bits per heavy atom. The largest absolute Gasteiger partial charge is 0.481 e. The predicted octanol–water partition coefficient (Wildman–Crippen LogP) is 1.28. The van der Waals surface area contributed by atoms with Gasteiger partial charge in [0.05, 0.1) is 5.92 Å². The van der Waals surface area contributed by atoms with Crippen molar-refractivity contribution in [2.24, 2.45) is 5.92 Å². The van der Waals surface area contributed by atoms with Crippen LogP contribution in [0.1, 0.15) is 26.2 Å². The highest BCUT2D eigenvalue weighted by molar-refractivity contribution is 5.80. The molecular weight excluding hydrogens is 194 g/mol. The Morgan fingerprint density at radius 2 is 2.33 bits per heavy atom. The molecule has 4 heteroatoms. The zero-order valence-corrected chi connectivity index (χ0v) is 9.03. The molecule has 84 valence electrons. The second-order valence-electron chi connectivity index (χ2n) is 4.12. The standard InChI is InChI=1S/C11H17NO3/c1-8(2)5-6-12-7-9(11(14)15)3-4-10(12)13/h9H,1,3-7H2,2H3,(H,14,15). The van der Waals surface area contributed by atoms with E-state index in [-0.39, 0.29) is 5.91 Å². The van der Waals surface area contributed by atoms with Crippen LogP contribution in [0.5, 0.6) is 0 Å². The zero-order valence-electron chi connectivity index (χ0n) is 9.03. The second-order valence-corrected chi connectivity index (χ2v) is 4.12. The molecule has 0 aromatic heterocycles.